The minimum Gasteiger partial charge on any atom is -0.356 e. The van der Waals surface area contributed by atoms with Gasteiger partial charge >= 0.3 is 0 Å². The first-order valence-corrected chi connectivity index (χ1v) is 7.67. The summed E-state index contributed by atoms with van der Waals surface area (Å²) in [7, 11) is 0. The highest BCUT2D eigenvalue weighted by atomic mass is 15.4. The van der Waals surface area contributed by atoms with Crippen molar-refractivity contribution in [2.24, 2.45) is 11.7 Å². The Balaban J connectivity index is 2.56. The molecule has 0 aliphatic carbocycles. The zero-order chi connectivity index (χ0) is 15.4. The molecule has 1 heterocycles. The molecule has 1 aromatic heterocycles. The van der Waals surface area contributed by atoms with Crippen LogP contribution in [0, 0.1) is 12.8 Å². The van der Waals surface area contributed by atoms with Crippen molar-refractivity contribution in [2.75, 3.05) is 18.0 Å². The van der Waals surface area contributed by atoms with E-state index in [2.05, 4.69) is 37.8 Å². The number of aryl methyl sites for hydroxylation is 1. The molecular formula is C17H26N4. The molecule has 0 atom stereocenters. The van der Waals surface area contributed by atoms with Crippen LogP contribution >= 0.6 is 0 Å². The third-order valence-corrected chi connectivity index (χ3v) is 3.63. The zero-order valence-electron chi connectivity index (χ0n) is 13.5. The maximum Gasteiger partial charge on any atom is 0.137 e. The van der Waals surface area contributed by atoms with Crippen LogP contribution in [0.1, 0.15) is 32.0 Å². The van der Waals surface area contributed by atoms with E-state index >= 15 is 0 Å². The highest BCUT2D eigenvalue weighted by Gasteiger charge is 2.20. The molecule has 0 spiro atoms. The van der Waals surface area contributed by atoms with Crippen LogP contribution in [0.2, 0.25) is 0 Å². The highest BCUT2D eigenvalue weighted by Crippen LogP contribution is 2.27. The van der Waals surface area contributed by atoms with Crippen molar-refractivity contribution in [1.82, 2.24) is 9.78 Å². The summed E-state index contributed by atoms with van der Waals surface area (Å²) in [6, 6.07) is 10.3. The maximum atomic E-state index is 5.99. The van der Waals surface area contributed by atoms with Crippen LogP contribution in [-0.2, 0) is 6.54 Å². The number of para-hydroxylation sites is 1. The molecule has 2 aromatic rings. The smallest absolute Gasteiger partial charge is 0.137 e. The highest BCUT2D eigenvalue weighted by molar-refractivity contribution is 5.55. The van der Waals surface area contributed by atoms with Crippen LogP contribution in [0.4, 0.5) is 5.82 Å². The first kappa shape index (κ1) is 15.6. The summed E-state index contributed by atoms with van der Waals surface area (Å²) < 4.78 is 2.03. The van der Waals surface area contributed by atoms with Crippen molar-refractivity contribution in [1.29, 1.82) is 0 Å². The van der Waals surface area contributed by atoms with Crippen LogP contribution in [0.25, 0.3) is 5.69 Å². The molecule has 21 heavy (non-hydrogen) atoms. The van der Waals surface area contributed by atoms with Gasteiger partial charge in [-0.25, -0.2) is 4.68 Å². The molecule has 1 aromatic carbocycles. The first-order valence-electron chi connectivity index (χ1n) is 7.67. The van der Waals surface area contributed by atoms with E-state index in [0.29, 0.717) is 12.5 Å². The van der Waals surface area contributed by atoms with E-state index < -0.39 is 0 Å². The number of nitrogens with zero attached hydrogens (tertiary/aromatic N) is 3. The Hall–Kier alpha value is -1.81. The van der Waals surface area contributed by atoms with Crippen LogP contribution in [0.15, 0.2) is 30.3 Å². The second-order valence-corrected chi connectivity index (χ2v) is 5.77. The number of rotatable bonds is 6. The number of benzene rings is 1. The van der Waals surface area contributed by atoms with Crippen molar-refractivity contribution in [2.45, 2.75) is 34.2 Å². The largest absolute Gasteiger partial charge is 0.356 e. The van der Waals surface area contributed by atoms with E-state index in [4.69, 9.17) is 10.8 Å². The summed E-state index contributed by atoms with van der Waals surface area (Å²) in [6.45, 7) is 11.2. The summed E-state index contributed by atoms with van der Waals surface area (Å²) in [5.41, 5.74) is 9.22. The van der Waals surface area contributed by atoms with Gasteiger partial charge in [-0.1, -0.05) is 32.0 Å². The summed E-state index contributed by atoms with van der Waals surface area (Å²) in [5.74, 6) is 1.73. The molecule has 4 nitrogen and oxygen atoms in total. The quantitative estimate of drug-likeness (QED) is 0.887. The Morgan fingerprint density at radius 1 is 1.24 bits per heavy atom. The molecule has 0 unspecified atom stereocenters. The third-order valence-electron chi connectivity index (χ3n) is 3.63. The average molecular weight is 286 g/mol. The number of aromatic nitrogens is 2. The zero-order valence-corrected chi connectivity index (χ0v) is 13.5. The van der Waals surface area contributed by atoms with E-state index in [1.807, 2.05) is 29.8 Å². The fourth-order valence-corrected chi connectivity index (χ4v) is 2.67. The molecule has 4 heteroatoms. The molecule has 2 N–H and O–H groups in total. The van der Waals surface area contributed by atoms with Gasteiger partial charge in [0.05, 0.1) is 11.4 Å². The van der Waals surface area contributed by atoms with Crippen molar-refractivity contribution in [3.05, 3.63) is 41.6 Å². The molecule has 0 saturated carbocycles. The minimum atomic E-state index is 0.516. The van der Waals surface area contributed by atoms with Crippen LogP contribution in [-0.4, -0.2) is 22.9 Å². The van der Waals surface area contributed by atoms with Gasteiger partial charge in [-0.15, -0.1) is 0 Å². The van der Waals surface area contributed by atoms with Gasteiger partial charge in [0, 0.05) is 25.2 Å². The molecule has 0 amide bonds. The Kier molecular flexibility index (Phi) is 5.02. The lowest BCUT2D eigenvalue weighted by Gasteiger charge is -2.27. The van der Waals surface area contributed by atoms with Gasteiger partial charge in [0.1, 0.15) is 5.82 Å². The van der Waals surface area contributed by atoms with Gasteiger partial charge in [0.2, 0.25) is 0 Å². The molecule has 0 radical (unpaired) electrons. The summed E-state index contributed by atoms with van der Waals surface area (Å²) in [4.78, 5) is 2.37. The third kappa shape index (κ3) is 3.27. The van der Waals surface area contributed by atoms with E-state index in [-0.39, 0.29) is 0 Å². The van der Waals surface area contributed by atoms with E-state index in [1.54, 1.807) is 0 Å². The van der Waals surface area contributed by atoms with Crippen molar-refractivity contribution in [3.63, 3.8) is 0 Å². The fraction of sp³-hybridized carbons (Fsp3) is 0.471. The Labute approximate surface area is 127 Å². The fourth-order valence-electron chi connectivity index (χ4n) is 2.67. The molecular weight excluding hydrogens is 260 g/mol. The lowest BCUT2D eigenvalue weighted by atomic mass is 10.1. The van der Waals surface area contributed by atoms with E-state index in [9.17, 15) is 0 Å². The number of nitrogens with two attached hydrogens (primary N) is 1. The van der Waals surface area contributed by atoms with Gasteiger partial charge in [-0.2, -0.15) is 5.10 Å². The Morgan fingerprint density at radius 3 is 2.43 bits per heavy atom. The van der Waals surface area contributed by atoms with Crippen molar-refractivity contribution < 1.29 is 0 Å². The van der Waals surface area contributed by atoms with E-state index in [1.165, 1.54) is 0 Å². The predicted molar refractivity (Wildman–Crippen MR) is 88.9 cm³/mol. The predicted octanol–water partition coefficient (Wildman–Crippen LogP) is 3.12. The minimum absolute atomic E-state index is 0.516. The molecule has 114 valence electrons. The van der Waals surface area contributed by atoms with Crippen molar-refractivity contribution in [3.8, 4) is 5.69 Å². The number of anilines is 1. The maximum absolute atomic E-state index is 5.99. The Morgan fingerprint density at radius 2 is 1.90 bits per heavy atom. The second-order valence-electron chi connectivity index (χ2n) is 5.77. The number of hydrogen-bond acceptors (Lipinski definition) is 3. The van der Waals surface area contributed by atoms with Gasteiger partial charge in [-0.3, -0.25) is 0 Å². The number of hydrogen-bond donors (Lipinski definition) is 1. The van der Waals surface area contributed by atoms with Crippen LogP contribution in [0.5, 0.6) is 0 Å². The van der Waals surface area contributed by atoms with Crippen LogP contribution in [0.3, 0.4) is 0 Å². The van der Waals surface area contributed by atoms with Crippen molar-refractivity contribution >= 4 is 5.82 Å². The summed E-state index contributed by atoms with van der Waals surface area (Å²) in [5, 5.41) is 4.72. The molecule has 0 saturated heterocycles. The SMILES string of the molecule is CCN(CC(C)C)c1c(CN)c(C)nn1-c1ccccc1. The monoisotopic (exact) mass is 286 g/mol. The molecule has 0 bridgehead atoms. The standard InChI is InChI=1S/C17H26N4/c1-5-20(12-13(2)3)17-16(11-18)14(4)19-21(17)15-9-7-6-8-10-15/h6-10,13H,5,11-12,18H2,1-4H3. The van der Waals surface area contributed by atoms with E-state index in [0.717, 1.165) is 35.9 Å². The molecule has 0 aliphatic rings. The second kappa shape index (κ2) is 6.76. The lowest BCUT2D eigenvalue weighted by Crippen LogP contribution is -2.30. The molecule has 0 fully saturated rings. The molecule has 0 aliphatic heterocycles. The normalized spacial score (nSPS) is 11.1. The first-order chi connectivity index (χ1) is 10.1. The Bertz CT molecular complexity index is 572. The van der Waals surface area contributed by atoms with Crippen LogP contribution < -0.4 is 10.6 Å². The van der Waals surface area contributed by atoms with Gasteiger partial charge in [-0.05, 0) is 31.9 Å². The lowest BCUT2D eigenvalue weighted by molar-refractivity contribution is 0.606. The van der Waals surface area contributed by atoms with Gasteiger partial charge < -0.3 is 10.6 Å². The summed E-state index contributed by atoms with van der Waals surface area (Å²) in [6.07, 6.45) is 0. The summed E-state index contributed by atoms with van der Waals surface area (Å²) >= 11 is 0. The van der Waals surface area contributed by atoms with Gasteiger partial charge in [0.25, 0.3) is 0 Å². The average Bonchev–Trinajstić information content (AvgIpc) is 2.82. The topological polar surface area (TPSA) is 47.1 Å². The molecule has 2 rings (SSSR count). The van der Waals surface area contributed by atoms with Gasteiger partial charge in [0.15, 0.2) is 0 Å².